The van der Waals surface area contributed by atoms with Crippen LogP contribution in [0.5, 0.6) is 5.88 Å². The van der Waals surface area contributed by atoms with Crippen LogP contribution in [0.15, 0.2) is 18.6 Å². The van der Waals surface area contributed by atoms with Gasteiger partial charge in [0.1, 0.15) is 11.9 Å². The van der Waals surface area contributed by atoms with Crippen molar-refractivity contribution in [2.45, 2.75) is 63.5 Å². The maximum absolute atomic E-state index is 12.3. The van der Waals surface area contributed by atoms with Gasteiger partial charge in [0.25, 0.3) is 0 Å². The molecule has 0 aliphatic heterocycles. The first-order valence-corrected chi connectivity index (χ1v) is 8.45. The Kier molecular flexibility index (Phi) is 5.20. The zero-order valence-electron chi connectivity index (χ0n) is 13.2. The van der Waals surface area contributed by atoms with Crippen LogP contribution in [0.2, 0.25) is 0 Å². The van der Waals surface area contributed by atoms with Crippen LogP contribution in [0, 0.1) is 5.92 Å². The molecule has 2 fully saturated rings. The van der Waals surface area contributed by atoms with Crippen molar-refractivity contribution in [3.63, 3.8) is 0 Å². The fraction of sp³-hybridized carbons (Fsp3) is 0.647. The van der Waals surface area contributed by atoms with Crippen molar-refractivity contribution >= 4 is 11.7 Å². The van der Waals surface area contributed by atoms with Crippen molar-refractivity contribution in [3.8, 4) is 5.88 Å². The smallest absolute Gasteiger partial charge is 0.232 e. The third-order valence-electron chi connectivity index (χ3n) is 4.76. The summed E-state index contributed by atoms with van der Waals surface area (Å²) < 4.78 is 5.81. The third kappa shape index (κ3) is 4.50. The molecule has 124 valence electrons. The molecule has 0 radical (unpaired) electrons. The van der Waals surface area contributed by atoms with E-state index in [9.17, 15) is 9.59 Å². The van der Waals surface area contributed by atoms with Gasteiger partial charge in [-0.2, -0.15) is 0 Å². The second-order valence-corrected chi connectivity index (χ2v) is 6.46. The molecule has 0 saturated heterocycles. The number of rotatable bonds is 4. The Bertz CT molecular complexity index is 531. The van der Waals surface area contributed by atoms with Crippen LogP contribution >= 0.6 is 0 Å². The number of nitrogens with one attached hydrogen (secondary N) is 1. The van der Waals surface area contributed by atoms with Crippen LogP contribution in [-0.2, 0) is 9.59 Å². The molecule has 0 aromatic carbocycles. The molecular weight excluding hydrogens is 294 g/mol. The van der Waals surface area contributed by atoms with E-state index in [1.54, 1.807) is 18.6 Å². The SMILES string of the molecule is O=C1CCC(C(=O)NC2CCC(Oc3cnccn3)CC2)CC1. The fourth-order valence-corrected chi connectivity index (χ4v) is 3.36. The molecular formula is C17H23N3O3. The maximum atomic E-state index is 12.3. The highest BCUT2D eigenvalue weighted by atomic mass is 16.5. The first-order chi connectivity index (χ1) is 11.2. The number of hydrogen-bond donors (Lipinski definition) is 1. The number of hydrogen-bond acceptors (Lipinski definition) is 5. The van der Waals surface area contributed by atoms with Crippen molar-refractivity contribution < 1.29 is 14.3 Å². The lowest BCUT2D eigenvalue weighted by Crippen LogP contribution is -2.43. The van der Waals surface area contributed by atoms with Crippen LogP contribution in [0.4, 0.5) is 0 Å². The first kappa shape index (κ1) is 15.9. The number of nitrogens with zero attached hydrogens (tertiary/aromatic N) is 2. The van der Waals surface area contributed by atoms with Crippen LogP contribution < -0.4 is 10.1 Å². The lowest BCUT2D eigenvalue weighted by atomic mass is 9.86. The van der Waals surface area contributed by atoms with Gasteiger partial charge in [-0.1, -0.05) is 0 Å². The minimum absolute atomic E-state index is 0.0151. The molecule has 3 rings (SSSR count). The maximum Gasteiger partial charge on any atom is 0.232 e. The van der Waals surface area contributed by atoms with E-state index >= 15 is 0 Å². The van der Waals surface area contributed by atoms with Gasteiger partial charge < -0.3 is 10.1 Å². The Balaban J connectivity index is 1.40. The van der Waals surface area contributed by atoms with Crippen LogP contribution in [0.3, 0.4) is 0 Å². The molecule has 6 nitrogen and oxygen atoms in total. The highest BCUT2D eigenvalue weighted by Gasteiger charge is 2.28. The lowest BCUT2D eigenvalue weighted by Gasteiger charge is -2.30. The van der Waals surface area contributed by atoms with Gasteiger partial charge in [0.15, 0.2) is 0 Å². The van der Waals surface area contributed by atoms with E-state index in [1.165, 1.54) is 0 Å². The third-order valence-corrected chi connectivity index (χ3v) is 4.76. The molecule has 1 aromatic rings. The minimum atomic E-state index is 0.0151. The van der Waals surface area contributed by atoms with Gasteiger partial charge >= 0.3 is 0 Å². The van der Waals surface area contributed by atoms with Gasteiger partial charge in [-0.05, 0) is 38.5 Å². The Morgan fingerprint density at radius 2 is 1.83 bits per heavy atom. The standard InChI is InChI=1S/C17H23N3O3/c21-14-5-1-12(2-6-14)17(22)20-13-3-7-15(8-4-13)23-16-11-18-9-10-19-16/h9-13,15H,1-8H2,(H,20,22). The van der Waals surface area contributed by atoms with E-state index < -0.39 is 0 Å². The molecule has 1 heterocycles. The number of amides is 1. The summed E-state index contributed by atoms with van der Waals surface area (Å²) in [4.78, 5) is 31.6. The number of aromatic nitrogens is 2. The Morgan fingerprint density at radius 3 is 2.48 bits per heavy atom. The summed E-state index contributed by atoms with van der Waals surface area (Å²) in [6.07, 6.45) is 11.2. The second kappa shape index (κ2) is 7.53. The predicted molar refractivity (Wildman–Crippen MR) is 83.8 cm³/mol. The summed E-state index contributed by atoms with van der Waals surface area (Å²) in [5.41, 5.74) is 0. The molecule has 0 bridgehead atoms. The summed E-state index contributed by atoms with van der Waals surface area (Å²) in [5, 5.41) is 3.15. The second-order valence-electron chi connectivity index (χ2n) is 6.46. The van der Waals surface area contributed by atoms with Crippen LogP contribution in [-0.4, -0.2) is 33.8 Å². The Labute approximate surface area is 136 Å². The van der Waals surface area contributed by atoms with Crippen molar-refractivity contribution in [2.24, 2.45) is 5.92 Å². The number of carbonyl (C=O) groups excluding carboxylic acids is 2. The monoisotopic (exact) mass is 317 g/mol. The molecule has 6 heteroatoms. The van der Waals surface area contributed by atoms with Gasteiger partial charge in [0, 0.05) is 37.2 Å². The summed E-state index contributed by atoms with van der Waals surface area (Å²) >= 11 is 0. The van der Waals surface area contributed by atoms with Gasteiger partial charge in [0.2, 0.25) is 11.8 Å². The van der Waals surface area contributed by atoms with Crippen molar-refractivity contribution in [1.29, 1.82) is 0 Å². The molecule has 0 atom stereocenters. The topological polar surface area (TPSA) is 81.2 Å². The molecule has 0 unspecified atom stereocenters. The van der Waals surface area contributed by atoms with Gasteiger partial charge in [0.05, 0.1) is 6.20 Å². The van der Waals surface area contributed by atoms with Gasteiger partial charge in [-0.25, -0.2) is 4.98 Å². The Hall–Kier alpha value is -1.98. The molecule has 1 amide bonds. The largest absolute Gasteiger partial charge is 0.473 e. The summed E-state index contributed by atoms with van der Waals surface area (Å²) in [7, 11) is 0. The molecule has 1 N–H and O–H groups in total. The highest BCUT2D eigenvalue weighted by Crippen LogP contribution is 2.25. The normalized spacial score (nSPS) is 25.8. The lowest BCUT2D eigenvalue weighted by molar-refractivity contribution is -0.129. The first-order valence-electron chi connectivity index (χ1n) is 8.45. The molecule has 2 aliphatic carbocycles. The average Bonchev–Trinajstić information content (AvgIpc) is 2.58. The molecule has 23 heavy (non-hydrogen) atoms. The van der Waals surface area contributed by atoms with E-state index in [4.69, 9.17) is 4.74 Å². The molecule has 2 aliphatic rings. The fourth-order valence-electron chi connectivity index (χ4n) is 3.36. The quantitative estimate of drug-likeness (QED) is 0.919. The summed E-state index contributed by atoms with van der Waals surface area (Å²) in [5.74, 6) is 0.986. The van der Waals surface area contributed by atoms with E-state index in [0.29, 0.717) is 31.6 Å². The zero-order valence-corrected chi connectivity index (χ0v) is 13.2. The van der Waals surface area contributed by atoms with E-state index in [-0.39, 0.29) is 29.8 Å². The van der Waals surface area contributed by atoms with E-state index in [0.717, 1.165) is 25.7 Å². The molecule has 0 spiro atoms. The number of ketones is 1. The van der Waals surface area contributed by atoms with Crippen molar-refractivity contribution in [2.75, 3.05) is 0 Å². The van der Waals surface area contributed by atoms with Crippen LogP contribution in [0.25, 0.3) is 0 Å². The zero-order chi connectivity index (χ0) is 16.1. The van der Waals surface area contributed by atoms with Crippen molar-refractivity contribution in [3.05, 3.63) is 18.6 Å². The summed E-state index contributed by atoms with van der Waals surface area (Å²) in [6, 6.07) is 0.224. The van der Waals surface area contributed by atoms with Crippen LogP contribution in [0.1, 0.15) is 51.4 Å². The van der Waals surface area contributed by atoms with E-state index in [2.05, 4.69) is 15.3 Å². The molecule has 2 saturated carbocycles. The number of carbonyl (C=O) groups is 2. The minimum Gasteiger partial charge on any atom is -0.473 e. The van der Waals surface area contributed by atoms with E-state index in [1.807, 2.05) is 0 Å². The Morgan fingerprint density at radius 1 is 1.09 bits per heavy atom. The number of ether oxygens (including phenoxy) is 1. The van der Waals surface area contributed by atoms with Gasteiger partial charge in [-0.15, -0.1) is 0 Å². The van der Waals surface area contributed by atoms with Gasteiger partial charge in [-0.3, -0.25) is 14.6 Å². The predicted octanol–water partition coefficient (Wildman–Crippen LogP) is 2.04. The summed E-state index contributed by atoms with van der Waals surface area (Å²) in [6.45, 7) is 0. The average molecular weight is 317 g/mol. The molecule has 1 aromatic heterocycles. The number of Topliss-reactive ketones (excluding diaryl/α,β-unsaturated/α-hetero) is 1. The van der Waals surface area contributed by atoms with Crippen molar-refractivity contribution in [1.82, 2.24) is 15.3 Å². The highest BCUT2D eigenvalue weighted by molar-refractivity contribution is 5.84.